The van der Waals surface area contributed by atoms with Crippen LogP contribution in [0.1, 0.15) is 5.69 Å². The molecule has 4 rings (SSSR count). The molecule has 0 fully saturated rings. The molecular formula is C24H27ClFN7O3S. The van der Waals surface area contributed by atoms with Crippen molar-refractivity contribution in [3.8, 4) is 11.4 Å². The number of benzene rings is 2. The zero-order chi connectivity index (χ0) is 26.7. The van der Waals surface area contributed by atoms with Crippen molar-refractivity contribution in [3.63, 3.8) is 0 Å². The van der Waals surface area contributed by atoms with Gasteiger partial charge >= 0.3 is 0 Å². The fourth-order valence-corrected chi connectivity index (χ4v) is 5.14. The molecule has 0 radical (unpaired) electrons. The van der Waals surface area contributed by atoms with Gasteiger partial charge in [-0.05, 0) is 56.4 Å². The third kappa shape index (κ3) is 5.99. The summed E-state index contributed by atoms with van der Waals surface area (Å²) in [7, 11) is -0.323. The lowest BCUT2D eigenvalue weighted by molar-refractivity contribution is 0.224. The van der Waals surface area contributed by atoms with Crippen LogP contribution in [0.3, 0.4) is 0 Å². The van der Waals surface area contributed by atoms with Gasteiger partial charge in [-0.3, -0.25) is 9.82 Å². The van der Waals surface area contributed by atoms with E-state index in [1.807, 2.05) is 30.8 Å². The van der Waals surface area contributed by atoms with Gasteiger partial charge in [0, 0.05) is 48.6 Å². The third-order valence-electron chi connectivity index (χ3n) is 5.81. The number of hydrogen-bond donors (Lipinski definition) is 3. The zero-order valence-corrected chi connectivity index (χ0v) is 22.1. The van der Waals surface area contributed by atoms with Crippen LogP contribution in [-0.4, -0.2) is 78.9 Å². The van der Waals surface area contributed by atoms with Gasteiger partial charge in [0.2, 0.25) is 0 Å². The number of aliphatic hydroxyl groups is 1. The Hall–Kier alpha value is -3.32. The van der Waals surface area contributed by atoms with Crippen LogP contribution in [0, 0.1) is 12.7 Å². The molecule has 4 aromatic rings. The molecule has 196 valence electrons. The first-order valence-electron chi connectivity index (χ1n) is 11.4. The smallest absolute Gasteiger partial charge is 0.264 e. The van der Waals surface area contributed by atoms with Crippen molar-refractivity contribution < 1.29 is 17.9 Å². The number of nitrogens with zero attached hydrogens (tertiary/aromatic N) is 5. The summed E-state index contributed by atoms with van der Waals surface area (Å²) in [6, 6.07) is 9.78. The SMILES string of the molecule is Cc1[nH]nc2nc(-c3ccc(NS(=O)(=O)c4cc(Cl)ccc4F)cc3)nc(N(C)CCN(C)CCO)c12. The second kappa shape index (κ2) is 11.0. The molecule has 2 aromatic heterocycles. The van der Waals surface area contributed by atoms with Crippen LogP contribution >= 0.6 is 11.6 Å². The lowest BCUT2D eigenvalue weighted by atomic mass is 10.2. The minimum Gasteiger partial charge on any atom is -0.395 e. The maximum absolute atomic E-state index is 14.1. The normalized spacial score (nSPS) is 11.9. The Balaban J connectivity index is 1.61. The lowest BCUT2D eigenvalue weighted by Gasteiger charge is -2.23. The molecule has 0 aliphatic carbocycles. The van der Waals surface area contributed by atoms with Gasteiger partial charge in [-0.15, -0.1) is 0 Å². The molecule has 0 spiro atoms. The Kier molecular flexibility index (Phi) is 7.93. The summed E-state index contributed by atoms with van der Waals surface area (Å²) in [5.41, 5.74) is 2.23. The highest BCUT2D eigenvalue weighted by atomic mass is 35.5. The Bertz CT molecular complexity index is 1510. The van der Waals surface area contributed by atoms with E-state index in [2.05, 4.69) is 19.9 Å². The average Bonchev–Trinajstić information content (AvgIpc) is 3.24. The first kappa shape index (κ1) is 26.7. The second-order valence-corrected chi connectivity index (χ2v) is 10.7. The van der Waals surface area contributed by atoms with E-state index in [1.54, 1.807) is 24.3 Å². The van der Waals surface area contributed by atoms with Gasteiger partial charge in [0.25, 0.3) is 10.0 Å². The highest BCUT2D eigenvalue weighted by Crippen LogP contribution is 2.29. The average molecular weight is 548 g/mol. The van der Waals surface area contributed by atoms with Crippen molar-refractivity contribution in [2.45, 2.75) is 11.8 Å². The van der Waals surface area contributed by atoms with Crippen molar-refractivity contribution in [2.75, 3.05) is 50.0 Å². The quantitative estimate of drug-likeness (QED) is 0.276. The maximum atomic E-state index is 14.1. The fraction of sp³-hybridized carbons (Fsp3) is 0.292. The minimum absolute atomic E-state index is 0.0865. The first-order chi connectivity index (χ1) is 17.6. The van der Waals surface area contributed by atoms with Gasteiger partial charge < -0.3 is 14.9 Å². The summed E-state index contributed by atoms with van der Waals surface area (Å²) in [5.74, 6) is 0.216. The van der Waals surface area contributed by atoms with Crippen LogP contribution in [0.25, 0.3) is 22.4 Å². The van der Waals surface area contributed by atoms with Gasteiger partial charge in [-0.2, -0.15) is 5.10 Å². The van der Waals surface area contributed by atoms with E-state index in [-0.39, 0.29) is 17.3 Å². The second-order valence-electron chi connectivity index (χ2n) is 8.62. The summed E-state index contributed by atoms with van der Waals surface area (Å²) in [4.78, 5) is 12.9. The van der Waals surface area contributed by atoms with E-state index >= 15 is 0 Å². The lowest BCUT2D eigenvalue weighted by Crippen LogP contribution is -2.32. The monoisotopic (exact) mass is 547 g/mol. The molecule has 2 heterocycles. The number of aromatic amines is 1. The van der Waals surface area contributed by atoms with E-state index < -0.39 is 20.7 Å². The van der Waals surface area contributed by atoms with E-state index in [0.29, 0.717) is 35.9 Å². The number of nitrogens with one attached hydrogen (secondary N) is 2. The van der Waals surface area contributed by atoms with Crippen molar-refractivity contribution >= 4 is 44.2 Å². The molecule has 0 aliphatic heterocycles. The molecule has 0 amide bonds. The van der Waals surface area contributed by atoms with Gasteiger partial charge in [0.1, 0.15) is 16.5 Å². The molecule has 2 aromatic carbocycles. The Labute approximate surface area is 219 Å². The molecule has 10 nitrogen and oxygen atoms in total. The molecule has 0 saturated heterocycles. The van der Waals surface area contributed by atoms with Crippen molar-refractivity contribution in [3.05, 3.63) is 59.0 Å². The molecule has 0 bridgehead atoms. The van der Waals surface area contributed by atoms with E-state index in [0.717, 1.165) is 29.8 Å². The van der Waals surface area contributed by atoms with Crippen LogP contribution in [0.5, 0.6) is 0 Å². The molecule has 13 heteroatoms. The number of H-pyrrole nitrogens is 1. The number of likely N-dealkylation sites (N-methyl/N-ethyl adjacent to an activating group) is 2. The number of fused-ring (bicyclic) bond motifs is 1. The number of aryl methyl sites for hydroxylation is 1. The standard InChI is InChI=1S/C24H27ClFN7O3S/c1-15-21-23(30-29-15)27-22(28-24(21)33(3)11-10-32(2)12-13-34)16-4-7-18(8-5-16)31-37(35,36)20-14-17(25)6-9-19(20)26/h4-9,14,31,34H,10-13H2,1-3H3,(H,27,28,29,30). The highest BCUT2D eigenvalue weighted by molar-refractivity contribution is 7.92. The molecular weight excluding hydrogens is 521 g/mol. The number of sulfonamides is 1. The number of halogens is 2. The predicted octanol–water partition coefficient (Wildman–Crippen LogP) is 3.28. The number of aromatic nitrogens is 4. The molecule has 3 N–H and O–H groups in total. The van der Waals surface area contributed by atoms with Crippen molar-refractivity contribution in [2.24, 2.45) is 0 Å². The maximum Gasteiger partial charge on any atom is 0.264 e. The largest absolute Gasteiger partial charge is 0.395 e. The van der Waals surface area contributed by atoms with Gasteiger partial charge in [0.15, 0.2) is 11.5 Å². The van der Waals surface area contributed by atoms with Gasteiger partial charge in [-0.25, -0.2) is 22.8 Å². The van der Waals surface area contributed by atoms with Crippen LogP contribution in [0.15, 0.2) is 47.4 Å². The minimum atomic E-state index is -4.19. The van der Waals surface area contributed by atoms with E-state index in [1.165, 1.54) is 6.07 Å². The number of aliphatic hydroxyl groups excluding tert-OH is 1. The van der Waals surface area contributed by atoms with Crippen molar-refractivity contribution in [1.29, 1.82) is 0 Å². The topological polar surface area (TPSA) is 127 Å². The van der Waals surface area contributed by atoms with Crippen LogP contribution < -0.4 is 9.62 Å². The molecule has 37 heavy (non-hydrogen) atoms. The summed E-state index contributed by atoms with van der Waals surface area (Å²) in [6.07, 6.45) is 0. The summed E-state index contributed by atoms with van der Waals surface area (Å²) in [5, 5.41) is 17.3. The number of anilines is 2. The zero-order valence-electron chi connectivity index (χ0n) is 20.5. The van der Waals surface area contributed by atoms with Gasteiger partial charge in [-0.1, -0.05) is 11.6 Å². The van der Waals surface area contributed by atoms with Gasteiger partial charge in [0.05, 0.1) is 12.0 Å². The Morgan fingerprint density at radius 1 is 1.08 bits per heavy atom. The van der Waals surface area contributed by atoms with E-state index in [4.69, 9.17) is 21.7 Å². The Morgan fingerprint density at radius 2 is 1.81 bits per heavy atom. The first-order valence-corrected chi connectivity index (χ1v) is 13.3. The molecule has 0 atom stereocenters. The molecule has 0 saturated carbocycles. The molecule has 0 unspecified atom stereocenters. The molecule has 0 aliphatic rings. The van der Waals surface area contributed by atoms with Crippen molar-refractivity contribution in [1.82, 2.24) is 25.1 Å². The summed E-state index contributed by atoms with van der Waals surface area (Å²) >= 11 is 5.85. The fourth-order valence-electron chi connectivity index (χ4n) is 3.74. The van der Waals surface area contributed by atoms with Crippen LogP contribution in [0.2, 0.25) is 5.02 Å². The number of hydrogen-bond acceptors (Lipinski definition) is 8. The Morgan fingerprint density at radius 3 is 2.51 bits per heavy atom. The summed E-state index contributed by atoms with van der Waals surface area (Å²) < 4.78 is 41.8. The van der Waals surface area contributed by atoms with Crippen LogP contribution in [0.4, 0.5) is 15.9 Å². The summed E-state index contributed by atoms with van der Waals surface area (Å²) in [6.45, 7) is 3.94. The predicted molar refractivity (Wildman–Crippen MR) is 142 cm³/mol. The third-order valence-corrected chi connectivity index (χ3v) is 7.45. The number of rotatable bonds is 10. The highest BCUT2D eigenvalue weighted by Gasteiger charge is 2.21. The van der Waals surface area contributed by atoms with E-state index in [9.17, 15) is 12.8 Å². The van der Waals surface area contributed by atoms with Crippen LogP contribution in [-0.2, 0) is 10.0 Å².